The summed E-state index contributed by atoms with van der Waals surface area (Å²) in [6.45, 7) is 0. The number of sulfonamides is 1. The highest BCUT2D eigenvalue weighted by atomic mass is 79.9. The van der Waals surface area contributed by atoms with E-state index in [4.69, 9.17) is 4.74 Å². The van der Waals surface area contributed by atoms with Crippen LogP contribution < -0.4 is 9.46 Å². The molecule has 0 fully saturated rings. The molecule has 0 atom stereocenters. The van der Waals surface area contributed by atoms with Crippen LogP contribution in [0, 0.1) is 11.3 Å². The van der Waals surface area contributed by atoms with Gasteiger partial charge in [0.05, 0.1) is 23.4 Å². The molecule has 0 saturated heterocycles. The zero-order valence-electron chi connectivity index (χ0n) is 14.2. The van der Waals surface area contributed by atoms with E-state index in [0.29, 0.717) is 11.3 Å². The number of benzene rings is 2. The minimum Gasteiger partial charge on any atom is -0.480 e. The van der Waals surface area contributed by atoms with Crippen LogP contribution in [0.5, 0.6) is 5.88 Å². The van der Waals surface area contributed by atoms with Crippen LogP contribution in [0.1, 0.15) is 5.56 Å². The molecule has 0 spiro atoms. The number of aromatic nitrogens is 1. The molecular formula is C19H14BrN3O3S. The fourth-order valence-corrected chi connectivity index (χ4v) is 3.78. The zero-order chi connectivity index (χ0) is 19.4. The first-order valence-corrected chi connectivity index (χ1v) is 10.0. The van der Waals surface area contributed by atoms with Crippen LogP contribution in [0.25, 0.3) is 11.3 Å². The van der Waals surface area contributed by atoms with Crippen molar-refractivity contribution in [3.8, 4) is 23.2 Å². The number of methoxy groups -OCH3 is 1. The van der Waals surface area contributed by atoms with E-state index in [0.717, 1.165) is 4.47 Å². The second kappa shape index (κ2) is 7.78. The van der Waals surface area contributed by atoms with Gasteiger partial charge in [0.1, 0.15) is 11.6 Å². The van der Waals surface area contributed by atoms with Crippen molar-refractivity contribution >= 4 is 31.6 Å². The monoisotopic (exact) mass is 443 g/mol. The van der Waals surface area contributed by atoms with Gasteiger partial charge in [-0.3, -0.25) is 4.72 Å². The molecule has 2 aromatic carbocycles. The number of nitrogens with zero attached hydrogens (tertiary/aromatic N) is 2. The molecule has 0 bridgehead atoms. The Bertz CT molecular complexity index is 1110. The summed E-state index contributed by atoms with van der Waals surface area (Å²) in [4.78, 5) is 4.46. The Morgan fingerprint density at radius 2 is 1.78 bits per heavy atom. The van der Waals surface area contributed by atoms with E-state index in [-0.39, 0.29) is 22.0 Å². The maximum absolute atomic E-state index is 12.7. The molecule has 1 N–H and O–H groups in total. The van der Waals surface area contributed by atoms with E-state index >= 15 is 0 Å². The third-order valence-electron chi connectivity index (χ3n) is 3.72. The molecule has 8 heteroatoms. The summed E-state index contributed by atoms with van der Waals surface area (Å²) in [6, 6.07) is 18.6. The lowest BCUT2D eigenvalue weighted by Gasteiger charge is -2.14. The average molecular weight is 444 g/mol. The third kappa shape index (κ3) is 4.10. The quantitative estimate of drug-likeness (QED) is 0.637. The summed E-state index contributed by atoms with van der Waals surface area (Å²) in [7, 11) is -2.44. The lowest BCUT2D eigenvalue weighted by molar-refractivity contribution is 0.397. The lowest BCUT2D eigenvalue weighted by atomic mass is 10.1. The molecule has 3 aromatic rings. The number of hydrogen-bond donors (Lipinski definition) is 1. The van der Waals surface area contributed by atoms with Crippen LogP contribution in [0.15, 0.2) is 70.0 Å². The highest BCUT2D eigenvalue weighted by molar-refractivity contribution is 9.10. The van der Waals surface area contributed by atoms with E-state index in [9.17, 15) is 13.7 Å². The largest absolute Gasteiger partial charge is 0.480 e. The Hall–Kier alpha value is -2.89. The van der Waals surface area contributed by atoms with Crippen LogP contribution >= 0.6 is 15.9 Å². The van der Waals surface area contributed by atoms with Crippen LogP contribution in [-0.2, 0) is 10.0 Å². The first-order chi connectivity index (χ1) is 12.9. The molecule has 3 rings (SSSR count). The zero-order valence-corrected chi connectivity index (χ0v) is 16.6. The summed E-state index contributed by atoms with van der Waals surface area (Å²) in [5, 5.41) is 9.33. The molecule has 27 heavy (non-hydrogen) atoms. The molecule has 0 aliphatic carbocycles. The number of hydrogen-bond acceptors (Lipinski definition) is 5. The second-order valence-corrected chi connectivity index (χ2v) is 8.08. The Balaban J connectivity index is 2.16. The van der Waals surface area contributed by atoms with Crippen molar-refractivity contribution in [3.63, 3.8) is 0 Å². The SMILES string of the molecule is COc1nc(-c2ccc(Br)cc2)c(NS(=O)(=O)c2ccccc2)cc1C#N. The van der Waals surface area contributed by atoms with Crippen molar-refractivity contribution < 1.29 is 13.2 Å². The van der Waals surface area contributed by atoms with Crippen molar-refractivity contribution in [1.29, 1.82) is 5.26 Å². The topological polar surface area (TPSA) is 92.1 Å². The summed E-state index contributed by atoms with van der Waals surface area (Å²) >= 11 is 3.37. The Morgan fingerprint density at radius 3 is 2.37 bits per heavy atom. The molecule has 0 saturated carbocycles. The van der Waals surface area contributed by atoms with E-state index in [1.807, 2.05) is 18.2 Å². The fourth-order valence-electron chi connectivity index (χ4n) is 2.44. The van der Waals surface area contributed by atoms with Gasteiger partial charge in [-0.25, -0.2) is 13.4 Å². The number of ether oxygens (including phenoxy) is 1. The normalized spacial score (nSPS) is 10.9. The molecule has 0 unspecified atom stereocenters. The van der Waals surface area contributed by atoms with Gasteiger partial charge >= 0.3 is 0 Å². The van der Waals surface area contributed by atoms with E-state index < -0.39 is 10.0 Å². The number of pyridine rings is 1. The first-order valence-electron chi connectivity index (χ1n) is 7.77. The standard InChI is InChI=1S/C19H14BrN3O3S/c1-26-19-14(12-21)11-17(18(22-19)13-7-9-15(20)10-8-13)23-27(24,25)16-5-3-2-4-6-16/h2-11,23H,1H3. The average Bonchev–Trinajstić information content (AvgIpc) is 2.69. The molecule has 0 aliphatic heterocycles. The van der Waals surface area contributed by atoms with E-state index in [2.05, 4.69) is 25.6 Å². The van der Waals surface area contributed by atoms with Crippen molar-refractivity contribution in [2.24, 2.45) is 0 Å². The third-order valence-corrected chi connectivity index (χ3v) is 5.63. The van der Waals surface area contributed by atoms with Gasteiger partial charge in [-0.15, -0.1) is 0 Å². The van der Waals surface area contributed by atoms with Crippen molar-refractivity contribution in [1.82, 2.24) is 4.98 Å². The Labute approximate surface area is 165 Å². The maximum atomic E-state index is 12.7. The van der Waals surface area contributed by atoms with Gasteiger partial charge in [0.25, 0.3) is 10.0 Å². The Morgan fingerprint density at radius 1 is 1.11 bits per heavy atom. The number of nitriles is 1. The summed E-state index contributed by atoms with van der Waals surface area (Å²) in [6.07, 6.45) is 0. The summed E-state index contributed by atoms with van der Waals surface area (Å²) in [5.41, 5.74) is 1.35. The molecule has 6 nitrogen and oxygen atoms in total. The number of anilines is 1. The van der Waals surface area contributed by atoms with Crippen molar-refractivity contribution in [3.05, 3.63) is 70.7 Å². The molecular weight excluding hydrogens is 430 g/mol. The molecule has 1 heterocycles. The fraction of sp³-hybridized carbons (Fsp3) is 0.0526. The van der Waals surface area contributed by atoms with Gasteiger partial charge in [-0.1, -0.05) is 46.3 Å². The minimum atomic E-state index is -3.85. The first kappa shape index (κ1) is 18.9. The number of rotatable bonds is 5. The molecule has 0 amide bonds. The van der Waals surface area contributed by atoms with Crippen LogP contribution in [-0.4, -0.2) is 20.5 Å². The van der Waals surface area contributed by atoms with Crippen molar-refractivity contribution in [2.45, 2.75) is 4.90 Å². The van der Waals surface area contributed by atoms with Gasteiger partial charge in [0.2, 0.25) is 5.88 Å². The summed E-state index contributed by atoms with van der Waals surface area (Å²) < 4.78 is 34.0. The number of nitrogens with one attached hydrogen (secondary N) is 1. The van der Waals surface area contributed by atoms with E-state index in [1.165, 1.54) is 25.3 Å². The maximum Gasteiger partial charge on any atom is 0.261 e. The van der Waals surface area contributed by atoms with Gasteiger partial charge < -0.3 is 4.74 Å². The second-order valence-electron chi connectivity index (χ2n) is 5.48. The van der Waals surface area contributed by atoms with Crippen LogP contribution in [0.4, 0.5) is 5.69 Å². The van der Waals surface area contributed by atoms with Crippen molar-refractivity contribution in [2.75, 3.05) is 11.8 Å². The van der Waals surface area contributed by atoms with Gasteiger partial charge in [-0.05, 0) is 30.3 Å². The van der Waals surface area contributed by atoms with E-state index in [1.54, 1.807) is 30.3 Å². The molecule has 0 radical (unpaired) electrons. The van der Waals surface area contributed by atoms with Crippen LogP contribution in [0.3, 0.4) is 0 Å². The minimum absolute atomic E-state index is 0.112. The molecule has 1 aromatic heterocycles. The lowest BCUT2D eigenvalue weighted by Crippen LogP contribution is -2.14. The van der Waals surface area contributed by atoms with Crippen LogP contribution in [0.2, 0.25) is 0 Å². The highest BCUT2D eigenvalue weighted by Crippen LogP contribution is 2.33. The number of halogens is 1. The Kier molecular flexibility index (Phi) is 5.44. The smallest absolute Gasteiger partial charge is 0.261 e. The summed E-state index contributed by atoms with van der Waals surface area (Å²) in [5.74, 6) is 0.123. The van der Waals surface area contributed by atoms with Gasteiger partial charge in [0.15, 0.2) is 0 Å². The predicted octanol–water partition coefficient (Wildman–Crippen LogP) is 4.19. The highest BCUT2D eigenvalue weighted by Gasteiger charge is 2.20. The van der Waals surface area contributed by atoms with Gasteiger partial charge in [0, 0.05) is 10.0 Å². The molecule has 136 valence electrons. The molecule has 0 aliphatic rings. The predicted molar refractivity (Wildman–Crippen MR) is 106 cm³/mol. The van der Waals surface area contributed by atoms with Gasteiger partial charge in [-0.2, -0.15) is 5.26 Å².